The lowest BCUT2D eigenvalue weighted by Crippen LogP contribution is -2.31. The Morgan fingerprint density at radius 3 is 2.47 bits per heavy atom. The van der Waals surface area contributed by atoms with Crippen LogP contribution in [0.3, 0.4) is 0 Å². The Hall–Kier alpha value is -3.12. The molecule has 1 saturated heterocycles. The average molecular weight is 438 g/mol. The number of hydrogen-bond donors (Lipinski definition) is 1. The maximum absolute atomic E-state index is 13.1. The van der Waals surface area contributed by atoms with Crippen molar-refractivity contribution in [2.45, 2.75) is 45.8 Å². The highest BCUT2D eigenvalue weighted by Gasteiger charge is 2.45. The highest BCUT2D eigenvalue weighted by molar-refractivity contribution is 6.46. The summed E-state index contributed by atoms with van der Waals surface area (Å²) < 4.78 is 10.9. The molecule has 1 aliphatic heterocycles. The molecule has 6 nitrogen and oxygen atoms in total. The largest absolute Gasteiger partial charge is 0.507 e. The fraction of sp³-hybridized carbons (Fsp3) is 0.385. The maximum Gasteiger partial charge on any atom is 0.295 e. The van der Waals surface area contributed by atoms with Gasteiger partial charge >= 0.3 is 0 Å². The lowest BCUT2D eigenvalue weighted by Gasteiger charge is -2.26. The number of nitrogens with zero attached hydrogens (tertiary/aromatic N) is 1. The first-order valence-electron chi connectivity index (χ1n) is 11.0. The lowest BCUT2D eigenvalue weighted by molar-refractivity contribution is -0.140. The first-order chi connectivity index (χ1) is 15.4. The molecule has 0 saturated carbocycles. The molecule has 1 amide bonds. The van der Waals surface area contributed by atoms with E-state index in [0.29, 0.717) is 36.4 Å². The van der Waals surface area contributed by atoms with Crippen LogP contribution in [0.25, 0.3) is 5.76 Å². The van der Waals surface area contributed by atoms with E-state index in [1.165, 1.54) is 4.90 Å². The molecule has 0 aliphatic carbocycles. The smallest absolute Gasteiger partial charge is 0.295 e. The summed E-state index contributed by atoms with van der Waals surface area (Å²) in [7, 11) is 1.60. The molecule has 1 aliphatic rings. The predicted octanol–water partition coefficient (Wildman–Crippen LogP) is 4.49. The van der Waals surface area contributed by atoms with E-state index in [4.69, 9.17) is 9.47 Å². The number of Topliss-reactive ketones (excluding diaryl/α,β-unsaturated/α-hetero) is 1. The number of ether oxygens (including phenoxy) is 2. The number of likely N-dealkylation sites (tertiary alicyclic amines) is 1. The van der Waals surface area contributed by atoms with E-state index in [0.717, 1.165) is 12.0 Å². The Balaban J connectivity index is 2.10. The van der Waals surface area contributed by atoms with Crippen LogP contribution < -0.4 is 4.74 Å². The number of benzene rings is 2. The molecule has 6 heteroatoms. The Kier molecular flexibility index (Phi) is 7.70. The number of aryl methyl sites for hydroxylation is 1. The van der Waals surface area contributed by atoms with Crippen molar-refractivity contribution in [1.29, 1.82) is 0 Å². The molecule has 2 aromatic carbocycles. The Morgan fingerprint density at radius 2 is 1.84 bits per heavy atom. The van der Waals surface area contributed by atoms with Gasteiger partial charge in [-0.1, -0.05) is 43.3 Å². The molecule has 0 aromatic heterocycles. The van der Waals surface area contributed by atoms with E-state index in [-0.39, 0.29) is 17.4 Å². The van der Waals surface area contributed by atoms with Crippen molar-refractivity contribution in [3.63, 3.8) is 0 Å². The summed E-state index contributed by atoms with van der Waals surface area (Å²) in [4.78, 5) is 27.5. The molecule has 3 rings (SSSR count). The number of ketones is 1. The summed E-state index contributed by atoms with van der Waals surface area (Å²) in [5.41, 5.74) is 2.44. The van der Waals surface area contributed by atoms with Gasteiger partial charge in [-0.3, -0.25) is 9.59 Å². The van der Waals surface area contributed by atoms with Gasteiger partial charge in [0, 0.05) is 25.8 Å². The molecule has 1 fully saturated rings. The fourth-order valence-corrected chi connectivity index (χ4v) is 3.92. The molecule has 32 heavy (non-hydrogen) atoms. The summed E-state index contributed by atoms with van der Waals surface area (Å²) in [5, 5.41) is 11.1. The summed E-state index contributed by atoms with van der Waals surface area (Å²) >= 11 is 0. The summed E-state index contributed by atoms with van der Waals surface area (Å²) in [6.07, 6.45) is 1.43. The van der Waals surface area contributed by atoms with Gasteiger partial charge in [0.2, 0.25) is 0 Å². The van der Waals surface area contributed by atoms with Crippen LogP contribution in [0.4, 0.5) is 0 Å². The topological polar surface area (TPSA) is 76.1 Å². The van der Waals surface area contributed by atoms with Crippen molar-refractivity contribution in [1.82, 2.24) is 4.90 Å². The number of aliphatic hydroxyl groups excluding tert-OH is 1. The van der Waals surface area contributed by atoms with E-state index < -0.39 is 17.7 Å². The zero-order chi connectivity index (χ0) is 23.3. The summed E-state index contributed by atoms with van der Waals surface area (Å²) in [6, 6.07) is 14.0. The predicted molar refractivity (Wildman–Crippen MR) is 124 cm³/mol. The second-order valence-electron chi connectivity index (χ2n) is 8.13. The summed E-state index contributed by atoms with van der Waals surface area (Å²) in [6.45, 7) is 6.72. The summed E-state index contributed by atoms with van der Waals surface area (Å²) in [5.74, 6) is -0.819. The Morgan fingerprint density at radius 1 is 1.12 bits per heavy atom. The molecule has 2 aromatic rings. The standard InChI is InChI=1S/C26H31NO5/c1-5-18-10-12-19(13-11-18)24(28)22-23(20-8-6-9-21(16-20)32-17(2)3)27(14-7-15-31-4)26(30)25(22)29/h6,8-13,16-17,23,28H,5,7,14-15H2,1-4H3/b24-22-. The van der Waals surface area contributed by atoms with Gasteiger partial charge in [-0.15, -0.1) is 0 Å². The van der Waals surface area contributed by atoms with E-state index in [1.54, 1.807) is 19.2 Å². The van der Waals surface area contributed by atoms with Crippen molar-refractivity contribution < 1.29 is 24.2 Å². The van der Waals surface area contributed by atoms with E-state index >= 15 is 0 Å². The van der Waals surface area contributed by atoms with Gasteiger partial charge in [-0.05, 0) is 49.9 Å². The number of hydrogen-bond acceptors (Lipinski definition) is 5. The van der Waals surface area contributed by atoms with E-state index in [1.807, 2.05) is 57.2 Å². The number of carbonyl (C=O) groups excluding carboxylic acids is 2. The van der Waals surface area contributed by atoms with Crippen LogP contribution in [0, 0.1) is 0 Å². The lowest BCUT2D eigenvalue weighted by atomic mass is 9.94. The first kappa shape index (κ1) is 23.5. The molecule has 1 heterocycles. The van der Waals surface area contributed by atoms with Crippen molar-refractivity contribution in [2.75, 3.05) is 20.3 Å². The normalized spacial score (nSPS) is 17.9. The van der Waals surface area contributed by atoms with Crippen LogP contribution in [-0.2, 0) is 20.7 Å². The SMILES string of the molecule is CCc1ccc(/C(O)=C2/C(=O)C(=O)N(CCCOC)C2c2cccc(OC(C)C)c2)cc1. The van der Waals surface area contributed by atoms with Gasteiger partial charge in [0.15, 0.2) is 0 Å². The van der Waals surface area contributed by atoms with Gasteiger partial charge in [-0.25, -0.2) is 0 Å². The van der Waals surface area contributed by atoms with Crippen LogP contribution in [0.1, 0.15) is 49.9 Å². The molecule has 0 radical (unpaired) electrons. The van der Waals surface area contributed by atoms with Crippen molar-refractivity contribution >= 4 is 17.4 Å². The second-order valence-corrected chi connectivity index (χ2v) is 8.13. The maximum atomic E-state index is 13.1. The highest BCUT2D eigenvalue weighted by Crippen LogP contribution is 2.40. The minimum absolute atomic E-state index is 0.0182. The molecule has 1 unspecified atom stereocenters. The Bertz CT molecular complexity index is 994. The van der Waals surface area contributed by atoms with Gasteiger partial charge in [0.1, 0.15) is 11.5 Å². The van der Waals surface area contributed by atoms with Crippen LogP contribution in [0.15, 0.2) is 54.1 Å². The molecule has 1 N–H and O–H groups in total. The van der Waals surface area contributed by atoms with Crippen LogP contribution in [0.2, 0.25) is 0 Å². The average Bonchev–Trinajstić information content (AvgIpc) is 3.03. The third-order valence-electron chi connectivity index (χ3n) is 5.47. The minimum Gasteiger partial charge on any atom is -0.507 e. The fourth-order valence-electron chi connectivity index (χ4n) is 3.92. The number of amides is 1. The zero-order valence-corrected chi connectivity index (χ0v) is 19.1. The molecular weight excluding hydrogens is 406 g/mol. The minimum atomic E-state index is -0.701. The molecular formula is C26H31NO5. The number of aliphatic hydroxyl groups is 1. The van der Waals surface area contributed by atoms with Crippen LogP contribution in [0.5, 0.6) is 5.75 Å². The molecule has 170 valence electrons. The molecule has 0 spiro atoms. The van der Waals surface area contributed by atoms with Crippen molar-refractivity contribution in [3.8, 4) is 5.75 Å². The third kappa shape index (κ3) is 5.02. The number of carbonyl (C=O) groups is 2. The van der Waals surface area contributed by atoms with Gasteiger partial charge in [-0.2, -0.15) is 0 Å². The van der Waals surface area contributed by atoms with E-state index in [9.17, 15) is 14.7 Å². The van der Waals surface area contributed by atoms with E-state index in [2.05, 4.69) is 0 Å². The van der Waals surface area contributed by atoms with Crippen LogP contribution in [-0.4, -0.2) is 48.1 Å². The third-order valence-corrected chi connectivity index (χ3v) is 5.47. The molecule has 1 atom stereocenters. The van der Waals surface area contributed by atoms with Gasteiger partial charge in [0.25, 0.3) is 11.7 Å². The Labute approximate surface area is 189 Å². The van der Waals surface area contributed by atoms with Gasteiger partial charge < -0.3 is 19.5 Å². The quantitative estimate of drug-likeness (QED) is 0.271. The van der Waals surface area contributed by atoms with Crippen molar-refractivity contribution in [2.24, 2.45) is 0 Å². The van der Waals surface area contributed by atoms with Crippen molar-refractivity contribution in [3.05, 3.63) is 70.8 Å². The van der Waals surface area contributed by atoms with Crippen LogP contribution >= 0.6 is 0 Å². The number of methoxy groups -OCH3 is 1. The first-order valence-corrected chi connectivity index (χ1v) is 11.0. The number of rotatable bonds is 9. The highest BCUT2D eigenvalue weighted by atomic mass is 16.5. The molecule has 0 bridgehead atoms. The monoisotopic (exact) mass is 437 g/mol. The second kappa shape index (κ2) is 10.5. The zero-order valence-electron chi connectivity index (χ0n) is 19.1. The van der Waals surface area contributed by atoms with Gasteiger partial charge in [0.05, 0.1) is 17.7 Å².